The fourth-order valence-corrected chi connectivity index (χ4v) is 6.09. The van der Waals surface area contributed by atoms with E-state index in [1.54, 1.807) is 0 Å². The van der Waals surface area contributed by atoms with Gasteiger partial charge in [-0.2, -0.15) is 0 Å². The van der Waals surface area contributed by atoms with Crippen LogP contribution in [0.2, 0.25) is 0 Å². The van der Waals surface area contributed by atoms with E-state index in [1.807, 2.05) is 0 Å². The second-order valence-corrected chi connectivity index (χ2v) is 10.1. The van der Waals surface area contributed by atoms with Gasteiger partial charge in [0.2, 0.25) is 5.91 Å². The van der Waals surface area contributed by atoms with Crippen molar-refractivity contribution in [2.75, 3.05) is 39.8 Å². The Morgan fingerprint density at radius 2 is 1.89 bits per heavy atom. The molecule has 7 atom stereocenters. The molecule has 4 rings (SSSR count). The molecule has 7 unspecified atom stereocenters. The molecule has 4 fully saturated rings. The van der Waals surface area contributed by atoms with Crippen molar-refractivity contribution in [3.63, 3.8) is 0 Å². The van der Waals surface area contributed by atoms with Crippen molar-refractivity contribution in [1.29, 1.82) is 0 Å². The van der Waals surface area contributed by atoms with Crippen LogP contribution >= 0.6 is 0 Å². The Labute approximate surface area is 169 Å². The Morgan fingerprint density at radius 3 is 2.64 bits per heavy atom. The summed E-state index contributed by atoms with van der Waals surface area (Å²) in [4.78, 5) is 17.9. The van der Waals surface area contributed by atoms with E-state index in [-0.39, 0.29) is 23.9 Å². The molecule has 0 aromatic carbocycles. The fraction of sp³-hybridized carbons (Fsp3) is 0.955. The quantitative estimate of drug-likeness (QED) is 0.766. The highest BCUT2D eigenvalue weighted by Crippen LogP contribution is 2.38. The summed E-state index contributed by atoms with van der Waals surface area (Å²) in [6, 6.07) is 0.268. The van der Waals surface area contributed by atoms with Crippen molar-refractivity contribution in [3.8, 4) is 0 Å². The van der Waals surface area contributed by atoms with Gasteiger partial charge in [-0.1, -0.05) is 13.3 Å². The highest BCUT2D eigenvalue weighted by atomic mass is 19.1. The number of fused-ring (bicyclic) bond motifs is 1. The Balaban J connectivity index is 1.25. The molecule has 0 aromatic heterocycles. The van der Waals surface area contributed by atoms with E-state index in [9.17, 15) is 9.18 Å². The molecular weight excluding hydrogens is 355 g/mol. The number of nitrogens with one attached hydrogen (secondary N) is 2. The maximum absolute atomic E-state index is 14.3. The molecule has 0 spiro atoms. The lowest BCUT2D eigenvalue weighted by Crippen LogP contribution is -2.50. The van der Waals surface area contributed by atoms with Gasteiger partial charge in [0.1, 0.15) is 6.17 Å². The summed E-state index contributed by atoms with van der Waals surface area (Å²) < 4.78 is 14.3. The minimum absolute atomic E-state index is 0.0239. The standard InChI is InChI=1S/C22H39FN4O/c1-15-6-7-19(23)18-13-20(25-21(15)18)22(28)24-17-5-3-4-16(12-17)14-27-10-8-26(2)9-11-27/h15-21,25H,3-14H2,1-2H3,(H,24,28). The van der Waals surface area contributed by atoms with Crippen LogP contribution in [0.25, 0.3) is 0 Å². The van der Waals surface area contributed by atoms with E-state index >= 15 is 0 Å². The zero-order valence-corrected chi connectivity index (χ0v) is 17.7. The van der Waals surface area contributed by atoms with Gasteiger partial charge in [-0.25, -0.2) is 4.39 Å². The molecule has 4 aliphatic rings. The van der Waals surface area contributed by atoms with E-state index in [4.69, 9.17) is 0 Å². The summed E-state index contributed by atoms with van der Waals surface area (Å²) in [6.45, 7) is 8.03. The van der Waals surface area contributed by atoms with Gasteiger partial charge in [0.15, 0.2) is 0 Å². The molecule has 0 bridgehead atoms. The minimum atomic E-state index is -0.742. The number of hydrogen-bond acceptors (Lipinski definition) is 4. The minimum Gasteiger partial charge on any atom is -0.352 e. The first-order valence-electron chi connectivity index (χ1n) is 11.6. The number of carbonyl (C=O) groups is 1. The zero-order valence-electron chi connectivity index (χ0n) is 17.7. The third kappa shape index (κ3) is 4.71. The number of alkyl halides is 1. The summed E-state index contributed by atoms with van der Waals surface area (Å²) in [5, 5.41) is 6.80. The van der Waals surface area contributed by atoms with Crippen LogP contribution in [-0.4, -0.2) is 79.8 Å². The molecule has 160 valence electrons. The topological polar surface area (TPSA) is 47.6 Å². The number of piperazine rings is 1. The summed E-state index contributed by atoms with van der Waals surface area (Å²) >= 11 is 0. The van der Waals surface area contributed by atoms with Crippen LogP contribution in [0, 0.1) is 17.8 Å². The Kier molecular flexibility index (Phi) is 6.58. The molecule has 2 saturated heterocycles. The molecular formula is C22H39FN4O. The van der Waals surface area contributed by atoms with Gasteiger partial charge in [0.05, 0.1) is 6.04 Å². The lowest BCUT2D eigenvalue weighted by atomic mass is 9.77. The number of nitrogens with zero attached hydrogens (tertiary/aromatic N) is 2. The van der Waals surface area contributed by atoms with Gasteiger partial charge in [-0.15, -0.1) is 0 Å². The van der Waals surface area contributed by atoms with Crippen LogP contribution in [0.4, 0.5) is 4.39 Å². The van der Waals surface area contributed by atoms with Crippen LogP contribution in [-0.2, 0) is 4.79 Å². The van der Waals surface area contributed by atoms with Crippen molar-refractivity contribution in [1.82, 2.24) is 20.4 Å². The summed E-state index contributed by atoms with van der Waals surface area (Å²) in [6.07, 6.45) is 6.19. The molecule has 2 aliphatic carbocycles. The monoisotopic (exact) mass is 394 g/mol. The van der Waals surface area contributed by atoms with Crippen LogP contribution in [0.15, 0.2) is 0 Å². The predicted octanol–water partition coefficient (Wildman–Crippen LogP) is 2.02. The highest BCUT2D eigenvalue weighted by molar-refractivity contribution is 5.82. The molecule has 6 heteroatoms. The molecule has 2 saturated carbocycles. The number of hydrogen-bond donors (Lipinski definition) is 2. The Hall–Kier alpha value is -0.720. The molecule has 0 aromatic rings. The number of likely N-dealkylation sites (N-methyl/N-ethyl adjacent to an activating group) is 1. The van der Waals surface area contributed by atoms with Crippen LogP contribution < -0.4 is 10.6 Å². The van der Waals surface area contributed by atoms with Crippen molar-refractivity contribution in [2.45, 2.75) is 76.2 Å². The van der Waals surface area contributed by atoms with Crippen LogP contribution in [0.3, 0.4) is 0 Å². The molecule has 28 heavy (non-hydrogen) atoms. The second kappa shape index (κ2) is 8.97. The van der Waals surface area contributed by atoms with Gasteiger partial charge in [-0.3, -0.25) is 4.79 Å². The summed E-state index contributed by atoms with van der Waals surface area (Å²) in [5.74, 6) is 1.30. The lowest BCUT2D eigenvalue weighted by molar-refractivity contribution is -0.124. The van der Waals surface area contributed by atoms with E-state index in [1.165, 1.54) is 32.5 Å². The maximum atomic E-state index is 14.3. The third-order valence-electron chi connectivity index (χ3n) is 7.90. The van der Waals surface area contributed by atoms with Gasteiger partial charge in [-0.05, 0) is 57.4 Å². The van der Waals surface area contributed by atoms with Crippen molar-refractivity contribution < 1.29 is 9.18 Å². The Morgan fingerprint density at radius 1 is 1.11 bits per heavy atom. The van der Waals surface area contributed by atoms with Crippen molar-refractivity contribution in [2.24, 2.45) is 17.8 Å². The third-order valence-corrected chi connectivity index (χ3v) is 7.90. The smallest absolute Gasteiger partial charge is 0.237 e. The first kappa shape index (κ1) is 20.5. The number of rotatable bonds is 4. The second-order valence-electron chi connectivity index (χ2n) is 10.1. The van der Waals surface area contributed by atoms with Gasteiger partial charge in [0, 0.05) is 50.7 Å². The maximum Gasteiger partial charge on any atom is 0.237 e. The number of halogens is 1. The molecule has 2 heterocycles. The van der Waals surface area contributed by atoms with E-state index < -0.39 is 6.17 Å². The first-order valence-corrected chi connectivity index (χ1v) is 11.6. The normalized spacial score (nSPS) is 42.9. The van der Waals surface area contributed by atoms with Gasteiger partial charge >= 0.3 is 0 Å². The molecule has 2 N–H and O–H groups in total. The average molecular weight is 395 g/mol. The number of carbonyl (C=O) groups excluding carboxylic acids is 1. The fourth-order valence-electron chi connectivity index (χ4n) is 6.09. The van der Waals surface area contributed by atoms with E-state index in [0.717, 1.165) is 32.4 Å². The predicted molar refractivity (Wildman–Crippen MR) is 110 cm³/mol. The van der Waals surface area contributed by atoms with Crippen molar-refractivity contribution in [3.05, 3.63) is 0 Å². The van der Waals surface area contributed by atoms with E-state index in [2.05, 4.69) is 34.4 Å². The van der Waals surface area contributed by atoms with E-state index in [0.29, 0.717) is 30.7 Å². The zero-order chi connectivity index (χ0) is 19.7. The van der Waals surface area contributed by atoms with Crippen molar-refractivity contribution >= 4 is 5.91 Å². The van der Waals surface area contributed by atoms with Crippen LogP contribution in [0.1, 0.15) is 51.9 Å². The molecule has 0 radical (unpaired) electrons. The van der Waals surface area contributed by atoms with Gasteiger partial charge in [0.25, 0.3) is 0 Å². The molecule has 1 amide bonds. The lowest BCUT2D eigenvalue weighted by Gasteiger charge is -2.37. The SMILES string of the molecule is CC1CCC(F)C2CC(C(=O)NC3CCCC(CN4CCN(C)CC4)C3)NC12. The molecule has 2 aliphatic heterocycles. The summed E-state index contributed by atoms with van der Waals surface area (Å²) in [5.41, 5.74) is 0. The molecule has 5 nitrogen and oxygen atoms in total. The highest BCUT2D eigenvalue weighted by Gasteiger charge is 2.46. The number of amides is 1. The van der Waals surface area contributed by atoms with Crippen LogP contribution in [0.5, 0.6) is 0 Å². The largest absolute Gasteiger partial charge is 0.352 e. The van der Waals surface area contributed by atoms with Gasteiger partial charge < -0.3 is 20.4 Å². The summed E-state index contributed by atoms with van der Waals surface area (Å²) in [7, 11) is 2.20. The Bertz CT molecular complexity index is 521. The first-order chi connectivity index (χ1) is 13.5. The average Bonchev–Trinajstić information content (AvgIpc) is 3.14.